The maximum absolute atomic E-state index is 11.7. The van der Waals surface area contributed by atoms with Crippen molar-refractivity contribution in [2.75, 3.05) is 11.9 Å². The Morgan fingerprint density at radius 2 is 2.17 bits per heavy atom. The smallest absolute Gasteiger partial charge is 0.239 e. The van der Waals surface area contributed by atoms with Gasteiger partial charge in [-0.25, -0.2) is 0 Å². The molecule has 0 spiro atoms. The van der Waals surface area contributed by atoms with E-state index in [0.717, 1.165) is 24.1 Å². The monoisotopic (exact) mass is 242 g/mol. The van der Waals surface area contributed by atoms with Crippen LogP contribution >= 0.6 is 0 Å². The standard InChI is InChI=1S/C15H18N2O/c1-2-12-6-5-9-14(10-12)16-11-15(18)17-13-7-3-4-8-13/h1,5-6,9-10,13,16H,3-4,7-8,11H2,(H,17,18). The van der Waals surface area contributed by atoms with Crippen LogP contribution in [-0.4, -0.2) is 18.5 Å². The van der Waals surface area contributed by atoms with Crippen LogP contribution in [0.25, 0.3) is 0 Å². The molecule has 1 aliphatic rings. The molecule has 3 heteroatoms. The predicted octanol–water partition coefficient (Wildman–Crippen LogP) is 2.14. The zero-order chi connectivity index (χ0) is 12.8. The van der Waals surface area contributed by atoms with Crippen LogP contribution in [0.15, 0.2) is 24.3 Å². The number of hydrogen-bond acceptors (Lipinski definition) is 2. The van der Waals surface area contributed by atoms with Gasteiger partial charge in [0.25, 0.3) is 0 Å². The van der Waals surface area contributed by atoms with Gasteiger partial charge in [-0.1, -0.05) is 24.8 Å². The Bertz CT molecular complexity index is 456. The SMILES string of the molecule is C#Cc1cccc(NCC(=O)NC2CCCC2)c1. The zero-order valence-corrected chi connectivity index (χ0v) is 10.4. The largest absolute Gasteiger partial charge is 0.376 e. The number of carbonyl (C=O) groups is 1. The Balaban J connectivity index is 1.79. The second kappa shape index (κ2) is 6.11. The van der Waals surface area contributed by atoms with Crippen molar-refractivity contribution in [3.05, 3.63) is 29.8 Å². The zero-order valence-electron chi connectivity index (χ0n) is 10.4. The van der Waals surface area contributed by atoms with Gasteiger partial charge in [0.15, 0.2) is 0 Å². The molecule has 0 radical (unpaired) electrons. The van der Waals surface area contributed by atoms with Crippen LogP contribution in [0.3, 0.4) is 0 Å². The molecular formula is C15H18N2O. The molecule has 0 aromatic heterocycles. The molecule has 1 aliphatic carbocycles. The number of anilines is 1. The highest BCUT2D eigenvalue weighted by atomic mass is 16.1. The van der Waals surface area contributed by atoms with Gasteiger partial charge in [-0.3, -0.25) is 4.79 Å². The fourth-order valence-corrected chi connectivity index (χ4v) is 2.25. The molecule has 0 bridgehead atoms. The van der Waals surface area contributed by atoms with Gasteiger partial charge < -0.3 is 10.6 Å². The average Bonchev–Trinajstić information content (AvgIpc) is 2.89. The first kappa shape index (κ1) is 12.5. The molecule has 1 aromatic rings. The van der Waals surface area contributed by atoms with Gasteiger partial charge in [-0.05, 0) is 31.0 Å². The van der Waals surface area contributed by atoms with Crippen molar-refractivity contribution >= 4 is 11.6 Å². The van der Waals surface area contributed by atoms with Crippen molar-refractivity contribution in [1.29, 1.82) is 0 Å². The summed E-state index contributed by atoms with van der Waals surface area (Å²) in [6.45, 7) is 0.296. The molecular weight excluding hydrogens is 224 g/mol. The molecule has 0 aliphatic heterocycles. The lowest BCUT2D eigenvalue weighted by Crippen LogP contribution is -2.36. The topological polar surface area (TPSA) is 41.1 Å². The van der Waals surface area contributed by atoms with E-state index in [2.05, 4.69) is 16.6 Å². The van der Waals surface area contributed by atoms with Gasteiger partial charge in [0, 0.05) is 17.3 Å². The van der Waals surface area contributed by atoms with Crippen LogP contribution in [0.5, 0.6) is 0 Å². The van der Waals surface area contributed by atoms with Gasteiger partial charge in [0.1, 0.15) is 0 Å². The van der Waals surface area contributed by atoms with Crippen molar-refractivity contribution in [3.8, 4) is 12.3 Å². The van der Waals surface area contributed by atoms with Gasteiger partial charge >= 0.3 is 0 Å². The number of benzene rings is 1. The highest BCUT2D eigenvalue weighted by Gasteiger charge is 2.16. The number of nitrogens with one attached hydrogen (secondary N) is 2. The van der Waals surface area contributed by atoms with Crippen molar-refractivity contribution < 1.29 is 4.79 Å². The van der Waals surface area contributed by atoms with E-state index in [4.69, 9.17) is 6.42 Å². The molecule has 0 saturated heterocycles. The summed E-state index contributed by atoms with van der Waals surface area (Å²) in [5.74, 6) is 2.62. The first-order valence-corrected chi connectivity index (χ1v) is 6.38. The van der Waals surface area contributed by atoms with Crippen LogP contribution in [0.1, 0.15) is 31.2 Å². The summed E-state index contributed by atoms with van der Waals surface area (Å²) in [5.41, 5.74) is 1.70. The van der Waals surface area contributed by atoms with E-state index in [1.54, 1.807) is 0 Å². The molecule has 0 heterocycles. The average molecular weight is 242 g/mol. The number of carbonyl (C=O) groups excluding carboxylic acids is 1. The summed E-state index contributed by atoms with van der Waals surface area (Å²) < 4.78 is 0. The van der Waals surface area contributed by atoms with E-state index in [9.17, 15) is 4.79 Å². The molecule has 1 saturated carbocycles. The molecule has 1 fully saturated rings. The molecule has 0 atom stereocenters. The normalized spacial score (nSPS) is 15.1. The van der Waals surface area contributed by atoms with E-state index in [1.165, 1.54) is 12.8 Å². The Kier molecular flexibility index (Phi) is 4.25. The lowest BCUT2D eigenvalue weighted by Gasteiger charge is -2.12. The van der Waals surface area contributed by atoms with Gasteiger partial charge in [-0.2, -0.15) is 0 Å². The highest BCUT2D eigenvalue weighted by Crippen LogP contribution is 2.17. The molecule has 1 amide bonds. The fourth-order valence-electron chi connectivity index (χ4n) is 2.25. The number of terminal acetylenes is 1. The van der Waals surface area contributed by atoms with Crippen LogP contribution in [-0.2, 0) is 4.79 Å². The third-order valence-electron chi connectivity index (χ3n) is 3.20. The maximum atomic E-state index is 11.7. The Labute approximate surface area is 108 Å². The van der Waals surface area contributed by atoms with Crippen LogP contribution in [0.2, 0.25) is 0 Å². The first-order valence-electron chi connectivity index (χ1n) is 6.38. The summed E-state index contributed by atoms with van der Waals surface area (Å²) >= 11 is 0. The van der Waals surface area contributed by atoms with Gasteiger partial charge in [0.2, 0.25) is 5.91 Å². The predicted molar refractivity (Wildman–Crippen MR) is 73.3 cm³/mol. The molecule has 18 heavy (non-hydrogen) atoms. The summed E-state index contributed by atoms with van der Waals surface area (Å²) in [4.78, 5) is 11.7. The van der Waals surface area contributed by atoms with Gasteiger partial charge in [0.05, 0.1) is 6.54 Å². The Morgan fingerprint density at radius 1 is 1.39 bits per heavy atom. The van der Waals surface area contributed by atoms with Gasteiger partial charge in [-0.15, -0.1) is 6.42 Å². The number of hydrogen-bond donors (Lipinski definition) is 2. The highest BCUT2D eigenvalue weighted by molar-refractivity contribution is 5.81. The lowest BCUT2D eigenvalue weighted by atomic mass is 10.2. The third-order valence-corrected chi connectivity index (χ3v) is 3.20. The lowest BCUT2D eigenvalue weighted by molar-refractivity contribution is -0.120. The van der Waals surface area contributed by atoms with E-state index in [1.807, 2.05) is 24.3 Å². The van der Waals surface area contributed by atoms with E-state index in [0.29, 0.717) is 12.6 Å². The third kappa shape index (κ3) is 3.53. The molecule has 94 valence electrons. The van der Waals surface area contributed by atoms with Crippen molar-refractivity contribution in [3.63, 3.8) is 0 Å². The number of rotatable bonds is 4. The molecule has 2 N–H and O–H groups in total. The summed E-state index contributed by atoms with van der Waals surface area (Å²) in [6.07, 6.45) is 9.99. The molecule has 2 rings (SSSR count). The Hall–Kier alpha value is -1.95. The Morgan fingerprint density at radius 3 is 2.89 bits per heavy atom. The fraction of sp³-hybridized carbons (Fsp3) is 0.400. The summed E-state index contributed by atoms with van der Waals surface area (Å²) in [7, 11) is 0. The summed E-state index contributed by atoms with van der Waals surface area (Å²) in [5, 5.41) is 6.12. The molecule has 3 nitrogen and oxygen atoms in total. The second-order valence-electron chi connectivity index (χ2n) is 4.63. The van der Waals surface area contributed by atoms with Crippen LogP contribution in [0.4, 0.5) is 5.69 Å². The van der Waals surface area contributed by atoms with E-state index >= 15 is 0 Å². The minimum atomic E-state index is 0.0491. The van der Waals surface area contributed by atoms with Crippen LogP contribution < -0.4 is 10.6 Å². The van der Waals surface area contributed by atoms with Crippen molar-refractivity contribution in [2.45, 2.75) is 31.7 Å². The maximum Gasteiger partial charge on any atom is 0.239 e. The van der Waals surface area contributed by atoms with E-state index in [-0.39, 0.29) is 5.91 Å². The minimum Gasteiger partial charge on any atom is -0.376 e. The quantitative estimate of drug-likeness (QED) is 0.794. The van der Waals surface area contributed by atoms with E-state index < -0.39 is 0 Å². The summed E-state index contributed by atoms with van der Waals surface area (Å²) in [6, 6.07) is 7.89. The number of amides is 1. The van der Waals surface area contributed by atoms with Crippen molar-refractivity contribution in [1.82, 2.24) is 5.32 Å². The first-order chi connectivity index (χ1) is 8.78. The molecule has 1 aromatic carbocycles. The second-order valence-corrected chi connectivity index (χ2v) is 4.63. The van der Waals surface area contributed by atoms with Crippen LogP contribution in [0, 0.1) is 12.3 Å². The van der Waals surface area contributed by atoms with Crippen molar-refractivity contribution in [2.24, 2.45) is 0 Å². The minimum absolute atomic E-state index is 0.0491. The molecule has 0 unspecified atom stereocenters.